The minimum absolute atomic E-state index is 0.0780. The number of benzene rings is 1. The molecule has 0 bridgehead atoms. The Kier molecular flexibility index (Phi) is 7.19. The van der Waals surface area contributed by atoms with E-state index in [1.807, 2.05) is 0 Å². The van der Waals surface area contributed by atoms with Crippen LogP contribution < -0.4 is 16.0 Å². The Morgan fingerprint density at radius 3 is 2.62 bits per heavy atom. The van der Waals surface area contributed by atoms with E-state index in [2.05, 4.69) is 29.8 Å². The monoisotopic (exact) mass is 311 g/mol. The molecule has 0 spiro atoms. The summed E-state index contributed by atoms with van der Waals surface area (Å²) in [4.78, 5) is 23.5. The fourth-order valence-electron chi connectivity index (χ4n) is 1.77. The van der Waals surface area contributed by atoms with Crippen LogP contribution in [0.25, 0.3) is 0 Å². The SMILES string of the molecule is CNC(=O)c1cc(NC(=O)CCCNC(C)C)ccc1Cl. The van der Waals surface area contributed by atoms with Crippen molar-refractivity contribution in [2.75, 3.05) is 18.9 Å². The normalized spacial score (nSPS) is 10.5. The van der Waals surface area contributed by atoms with Crippen LogP contribution >= 0.6 is 11.6 Å². The Labute approximate surface area is 130 Å². The summed E-state index contributed by atoms with van der Waals surface area (Å²) in [6.45, 7) is 4.93. The first kappa shape index (κ1) is 17.5. The number of carbonyl (C=O) groups is 2. The Morgan fingerprint density at radius 1 is 1.29 bits per heavy atom. The largest absolute Gasteiger partial charge is 0.355 e. The van der Waals surface area contributed by atoms with Crippen molar-refractivity contribution in [2.24, 2.45) is 0 Å². The van der Waals surface area contributed by atoms with E-state index in [0.29, 0.717) is 28.7 Å². The summed E-state index contributed by atoms with van der Waals surface area (Å²) in [5.74, 6) is -0.358. The van der Waals surface area contributed by atoms with Gasteiger partial charge in [0.15, 0.2) is 0 Å². The standard InChI is InChI=1S/C15H22ClN3O2/c1-10(2)18-8-4-5-14(20)19-11-6-7-13(16)12(9-11)15(21)17-3/h6-7,9-10,18H,4-5,8H2,1-3H3,(H,17,21)(H,19,20). The molecule has 0 atom stereocenters. The summed E-state index contributed by atoms with van der Waals surface area (Å²) in [6, 6.07) is 5.27. The Balaban J connectivity index is 2.54. The molecule has 1 aromatic carbocycles. The summed E-state index contributed by atoms with van der Waals surface area (Å²) < 4.78 is 0. The van der Waals surface area contributed by atoms with Gasteiger partial charge < -0.3 is 16.0 Å². The van der Waals surface area contributed by atoms with Gasteiger partial charge in [0.1, 0.15) is 0 Å². The molecule has 5 nitrogen and oxygen atoms in total. The van der Waals surface area contributed by atoms with Crippen molar-refractivity contribution in [1.82, 2.24) is 10.6 Å². The highest BCUT2D eigenvalue weighted by Crippen LogP contribution is 2.20. The number of hydrogen-bond acceptors (Lipinski definition) is 3. The topological polar surface area (TPSA) is 70.2 Å². The molecule has 1 rings (SSSR count). The third kappa shape index (κ3) is 6.14. The zero-order valence-corrected chi connectivity index (χ0v) is 13.4. The quantitative estimate of drug-likeness (QED) is 0.677. The van der Waals surface area contributed by atoms with Crippen LogP contribution in [0.4, 0.5) is 5.69 Å². The molecule has 1 aromatic rings. The lowest BCUT2D eigenvalue weighted by atomic mass is 10.1. The molecule has 116 valence electrons. The molecule has 0 aromatic heterocycles. The maximum absolute atomic E-state index is 11.8. The van der Waals surface area contributed by atoms with Gasteiger partial charge in [-0.2, -0.15) is 0 Å². The molecule has 0 radical (unpaired) electrons. The molecular formula is C15H22ClN3O2. The van der Waals surface area contributed by atoms with Crippen LogP contribution in [0.2, 0.25) is 5.02 Å². The van der Waals surface area contributed by atoms with E-state index in [-0.39, 0.29) is 11.8 Å². The Hall–Kier alpha value is -1.59. The first-order valence-corrected chi connectivity index (χ1v) is 7.36. The van der Waals surface area contributed by atoms with Crippen molar-refractivity contribution in [3.63, 3.8) is 0 Å². The number of amides is 2. The highest BCUT2D eigenvalue weighted by molar-refractivity contribution is 6.34. The van der Waals surface area contributed by atoms with Crippen molar-refractivity contribution in [2.45, 2.75) is 32.7 Å². The molecule has 0 saturated carbocycles. The van der Waals surface area contributed by atoms with Crippen molar-refractivity contribution in [3.8, 4) is 0 Å². The van der Waals surface area contributed by atoms with Gasteiger partial charge in [0.05, 0.1) is 10.6 Å². The lowest BCUT2D eigenvalue weighted by Gasteiger charge is -2.10. The van der Waals surface area contributed by atoms with Crippen LogP contribution in [0, 0.1) is 0 Å². The maximum Gasteiger partial charge on any atom is 0.252 e. The zero-order valence-electron chi connectivity index (χ0n) is 12.6. The van der Waals surface area contributed by atoms with E-state index in [9.17, 15) is 9.59 Å². The lowest BCUT2D eigenvalue weighted by Crippen LogP contribution is -2.24. The average Bonchev–Trinajstić information content (AvgIpc) is 2.44. The van der Waals surface area contributed by atoms with Gasteiger partial charge >= 0.3 is 0 Å². The van der Waals surface area contributed by atoms with Gasteiger partial charge in [0.25, 0.3) is 5.91 Å². The summed E-state index contributed by atoms with van der Waals surface area (Å²) in [6.07, 6.45) is 1.19. The smallest absolute Gasteiger partial charge is 0.252 e. The average molecular weight is 312 g/mol. The molecular weight excluding hydrogens is 290 g/mol. The first-order chi connectivity index (χ1) is 9.93. The van der Waals surface area contributed by atoms with Crippen LogP contribution in [0.1, 0.15) is 37.0 Å². The number of hydrogen-bond donors (Lipinski definition) is 3. The maximum atomic E-state index is 11.8. The van der Waals surface area contributed by atoms with Crippen LogP contribution in [-0.4, -0.2) is 31.4 Å². The zero-order chi connectivity index (χ0) is 15.8. The van der Waals surface area contributed by atoms with Gasteiger partial charge in [-0.05, 0) is 31.2 Å². The number of anilines is 1. The second-order valence-corrected chi connectivity index (χ2v) is 5.44. The van der Waals surface area contributed by atoms with Crippen LogP contribution in [0.15, 0.2) is 18.2 Å². The summed E-state index contributed by atoms with van der Waals surface area (Å²) in [7, 11) is 1.53. The fourth-order valence-corrected chi connectivity index (χ4v) is 1.98. The van der Waals surface area contributed by atoms with E-state index < -0.39 is 0 Å². The highest BCUT2D eigenvalue weighted by Gasteiger charge is 2.10. The number of halogens is 1. The van der Waals surface area contributed by atoms with Crippen molar-refractivity contribution in [1.29, 1.82) is 0 Å². The van der Waals surface area contributed by atoms with Crippen LogP contribution in [0.3, 0.4) is 0 Å². The molecule has 0 saturated heterocycles. The van der Waals surface area contributed by atoms with Crippen LogP contribution in [-0.2, 0) is 4.79 Å². The predicted molar refractivity (Wildman–Crippen MR) is 85.8 cm³/mol. The third-order valence-corrected chi connectivity index (χ3v) is 3.18. The molecule has 0 aliphatic heterocycles. The molecule has 0 aliphatic carbocycles. The number of carbonyl (C=O) groups excluding carboxylic acids is 2. The highest BCUT2D eigenvalue weighted by atomic mass is 35.5. The molecule has 2 amide bonds. The molecule has 3 N–H and O–H groups in total. The van der Waals surface area contributed by atoms with Gasteiger partial charge in [-0.25, -0.2) is 0 Å². The molecule has 21 heavy (non-hydrogen) atoms. The van der Waals surface area contributed by atoms with Gasteiger partial charge in [0, 0.05) is 25.2 Å². The van der Waals surface area contributed by atoms with E-state index in [1.54, 1.807) is 18.2 Å². The van der Waals surface area contributed by atoms with Gasteiger partial charge in [-0.1, -0.05) is 25.4 Å². The van der Waals surface area contributed by atoms with E-state index in [4.69, 9.17) is 11.6 Å². The summed E-state index contributed by atoms with van der Waals surface area (Å²) in [5, 5.41) is 8.89. The minimum atomic E-state index is -0.280. The van der Waals surface area contributed by atoms with Crippen LogP contribution in [0.5, 0.6) is 0 Å². The summed E-state index contributed by atoms with van der Waals surface area (Å²) >= 11 is 5.96. The Bertz CT molecular complexity index is 504. The molecule has 0 fully saturated rings. The third-order valence-electron chi connectivity index (χ3n) is 2.86. The first-order valence-electron chi connectivity index (χ1n) is 6.99. The van der Waals surface area contributed by atoms with Crippen molar-refractivity contribution >= 4 is 29.1 Å². The number of nitrogens with one attached hydrogen (secondary N) is 3. The number of rotatable bonds is 7. The molecule has 0 heterocycles. The Morgan fingerprint density at radius 2 is 2.00 bits per heavy atom. The van der Waals surface area contributed by atoms with Gasteiger partial charge in [-0.3, -0.25) is 9.59 Å². The fraction of sp³-hybridized carbons (Fsp3) is 0.467. The van der Waals surface area contributed by atoms with Crippen molar-refractivity contribution in [3.05, 3.63) is 28.8 Å². The molecule has 6 heteroatoms. The van der Waals surface area contributed by atoms with E-state index in [1.165, 1.54) is 7.05 Å². The molecule has 0 unspecified atom stereocenters. The van der Waals surface area contributed by atoms with Crippen molar-refractivity contribution < 1.29 is 9.59 Å². The van der Waals surface area contributed by atoms with Gasteiger partial charge in [0.2, 0.25) is 5.91 Å². The van der Waals surface area contributed by atoms with E-state index in [0.717, 1.165) is 13.0 Å². The second-order valence-electron chi connectivity index (χ2n) is 5.03. The van der Waals surface area contributed by atoms with Gasteiger partial charge in [-0.15, -0.1) is 0 Å². The molecule has 0 aliphatic rings. The second kappa shape index (κ2) is 8.64. The lowest BCUT2D eigenvalue weighted by molar-refractivity contribution is -0.116. The summed E-state index contributed by atoms with van der Waals surface area (Å²) in [5.41, 5.74) is 0.915. The van der Waals surface area contributed by atoms with E-state index >= 15 is 0 Å². The predicted octanol–water partition coefficient (Wildman–Crippen LogP) is 2.42. The minimum Gasteiger partial charge on any atom is -0.355 e.